The van der Waals surface area contributed by atoms with Crippen molar-refractivity contribution in [1.29, 1.82) is 0 Å². The van der Waals surface area contributed by atoms with E-state index < -0.39 is 0 Å². The molecule has 0 aliphatic heterocycles. The van der Waals surface area contributed by atoms with Gasteiger partial charge in [0.25, 0.3) is 0 Å². The Morgan fingerprint density at radius 1 is 1.43 bits per heavy atom. The smallest absolute Gasteiger partial charge is 0.134 e. The van der Waals surface area contributed by atoms with Crippen molar-refractivity contribution in [2.24, 2.45) is 0 Å². The fraction of sp³-hybridized carbons (Fsp3) is 0.636. The standard InChI is InChI=1S/C11H17N3/c1-3-9-7-10(12-2)14-11(13-9)8-5-4-6-8/h7-8H,3-6H2,1-2H3,(H,12,13,14). The number of nitrogens with zero attached hydrogens (tertiary/aromatic N) is 2. The lowest BCUT2D eigenvalue weighted by Gasteiger charge is -2.24. The predicted octanol–water partition coefficient (Wildman–Crippen LogP) is 2.35. The first kappa shape index (κ1) is 9.44. The lowest BCUT2D eigenvalue weighted by Crippen LogP contribution is -2.14. The first-order chi connectivity index (χ1) is 6.83. The van der Waals surface area contributed by atoms with Gasteiger partial charge in [-0.25, -0.2) is 9.97 Å². The average Bonchev–Trinajstić information content (AvgIpc) is 2.14. The Labute approximate surface area is 85.0 Å². The highest BCUT2D eigenvalue weighted by Crippen LogP contribution is 2.34. The van der Waals surface area contributed by atoms with Gasteiger partial charge in [0.1, 0.15) is 11.6 Å². The van der Waals surface area contributed by atoms with Gasteiger partial charge in [-0.2, -0.15) is 0 Å². The van der Waals surface area contributed by atoms with Crippen LogP contribution in [0.25, 0.3) is 0 Å². The summed E-state index contributed by atoms with van der Waals surface area (Å²) in [5.74, 6) is 2.62. The zero-order chi connectivity index (χ0) is 9.97. The van der Waals surface area contributed by atoms with Crippen LogP contribution in [0, 0.1) is 0 Å². The Morgan fingerprint density at radius 2 is 2.21 bits per heavy atom. The summed E-state index contributed by atoms with van der Waals surface area (Å²) < 4.78 is 0. The molecule has 1 aliphatic rings. The Hall–Kier alpha value is -1.12. The molecule has 0 unspecified atom stereocenters. The molecule has 0 atom stereocenters. The van der Waals surface area contributed by atoms with E-state index in [0.29, 0.717) is 5.92 Å². The van der Waals surface area contributed by atoms with Gasteiger partial charge in [-0.1, -0.05) is 13.3 Å². The van der Waals surface area contributed by atoms with E-state index in [1.54, 1.807) is 0 Å². The maximum atomic E-state index is 4.57. The van der Waals surface area contributed by atoms with E-state index in [1.165, 1.54) is 19.3 Å². The summed E-state index contributed by atoms with van der Waals surface area (Å²) in [6.07, 6.45) is 4.84. The molecule has 2 rings (SSSR count). The van der Waals surface area contributed by atoms with Crippen LogP contribution in [-0.4, -0.2) is 17.0 Å². The zero-order valence-electron chi connectivity index (χ0n) is 8.88. The minimum absolute atomic E-state index is 0.619. The molecule has 1 aromatic heterocycles. The quantitative estimate of drug-likeness (QED) is 0.797. The number of anilines is 1. The van der Waals surface area contributed by atoms with Crippen LogP contribution >= 0.6 is 0 Å². The highest BCUT2D eigenvalue weighted by atomic mass is 15.0. The molecule has 0 radical (unpaired) electrons. The van der Waals surface area contributed by atoms with E-state index in [0.717, 1.165) is 23.8 Å². The second-order valence-electron chi connectivity index (χ2n) is 3.83. The van der Waals surface area contributed by atoms with Gasteiger partial charge in [0, 0.05) is 24.7 Å². The van der Waals surface area contributed by atoms with Crippen molar-refractivity contribution >= 4 is 5.82 Å². The molecule has 1 heterocycles. The van der Waals surface area contributed by atoms with Crippen molar-refractivity contribution in [2.75, 3.05) is 12.4 Å². The summed E-state index contributed by atoms with van der Waals surface area (Å²) in [7, 11) is 1.91. The van der Waals surface area contributed by atoms with Gasteiger partial charge in [-0.3, -0.25) is 0 Å². The fourth-order valence-corrected chi connectivity index (χ4v) is 1.68. The SMILES string of the molecule is CCc1cc(NC)nc(C2CCC2)n1. The lowest BCUT2D eigenvalue weighted by molar-refractivity contribution is 0.401. The first-order valence-corrected chi connectivity index (χ1v) is 5.39. The highest BCUT2D eigenvalue weighted by molar-refractivity contribution is 5.35. The molecule has 14 heavy (non-hydrogen) atoms. The fourth-order valence-electron chi connectivity index (χ4n) is 1.68. The zero-order valence-corrected chi connectivity index (χ0v) is 8.88. The second kappa shape index (κ2) is 3.95. The number of rotatable bonds is 3. The van der Waals surface area contributed by atoms with E-state index in [9.17, 15) is 0 Å². The molecule has 1 fully saturated rings. The second-order valence-corrected chi connectivity index (χ2v) is 3.83. The van der Waals surface area contributed by atoms with E-state index in [4.69, 9.17) is 0 Å². The summed E-state index contributed by atoms with van der Waals surface area (Å²) >= 11 is 0. The van der Waals surface area contributed by atoms with Crippen LogP contribution in [-0.2, 0) is 6.42 Å². The number of aromatic nitrogens is 2. The molecular weight excluding hydrogens is 174 g/mol. The summed E-state index contributed by atoms with van der Waals surface area (Å²) in [5, 5.41) is 3.09. The van der Waals surface area contributed by atoms with Gasteiger partial charge in [0.2, 0.25) is 0 Å². The van der Waals surface area contributed by atoms with Crippen LogP contribution in [0.3, 0.4) is 0 Å². The maximum Gasteiger partial charge on any atom is 0.134 e. The molecule has 0 bridgehead atoms. The molecule has 0 aromatic carbocycles. The van der Waals surface area contributed by atoms with Crippen LogP contribution in [0.1, 0.15) is 43.6 Å². The van der Waals surface area contributed by atoms with Crippen molar-refractivity contribution in [3.05, 3.63) is 17.6 Å². The number of hydrogen-bond donors (Lipinski definition) is 1. The van der Waals surface area contributed by atoms with Gasteiger partial charge in [0.15, 0.2) is 0 Å². The summed E-state index contributed by atoms with van der Waals surface area (Å²) in [6.45, 7) is 2.13. The van der Waals surface area contributed by atoms with E-state index in [-0.39, 0.29) is 0 Å². The Kier molecular flexibility index (Phi) is 2.66. The van der Waals surface area contributed by atoms with Crippen molar-refractivity contribution in [2.45, 2.75) is 38.5 Å². The molecule has 3 heteroatoms. The van der Waals surface area contributed by atoms with Crippen LogP contribution in [0.4, 0.5) is 5.82 Å². The molecule has 1 saturated carbocycles. The van der Waals surface area contributed by atoms with Crippen LogP contribution in [0.2, 0.25) is 0 Å². The van der Waals surface area contributed by atoms with E-state index in [2.05, 4.69) is 22.2 Å². The minimum Gasteiger partial charge on any atom is -0.373 e. The van der Waals surface area contributed by atoms with Crippen molar-refractivity contribution in [3.8, 4) is 0 Å². The lowest BCUT2D eigenvalue weighted by atomic mass is 9.85. The summed E-state index contributed by atoms with van der Waals surface area (Å²) in [4.78, 5) is 9.07. The predicted molar refractivity (Wildman–Crippen MR) is 57.5 cm³/mol. The van der Waals surface area contributed by atoms with Crippen LogP contribution in [0.5, 0.6) is 0 Å². The topological polar surface area (TPSA) is 37.8 Å². The van der Waals surface area contributed by atoms with Gasteiger partial charge in [-0.05, 0) is 19.3 Å². The molecule has 0 amide bonds. The van der Waals surface area contributed by atoms with Gasteiger partial charge >= 0.3 is 0 Å². The molecular formula is C11H17N3. The first-order valence-electron chi connectivity index (χ1n) is 5.39. The third kappa shape index (κ3) is 1.72. The molecule has 1 N–H and O–H groups in total. The minimum atomic E-state index is 0.619. The molecule has 76 valence electrons. The van der Waals surface area contributed by atoms with E-state index in [1.807, 2.05) is 13.1 Å². The average molecular weight is 191 g/mol. The third-order valence-electron chi connectivity index (χ3n) is 2.89. The monoisotopic (exact) mass is 191 g/mol. The van der Waals surface area contributed by atoms with Gasteiger partial charge in [0.05, 0.1) is 0 Å². The van der Waals surface area contributed by atoms with E-state index >= 15 is 0 Å². The normalized spacial score (nSPS) is 16.4. The van der Waals surface area contributed by atoms with Crippen molar-refractivity contribution in [3.63, 3.8) is 0 Å². The van der Waals surface area contributed by atoms with Gasteiger partial charge in [-0.15, -0.1) is 0 Å². The largest absolute Gasteiger partial charge is 0.373 e. The highest BCUT2D eigenvalue weighted by Gasteiger charge is 2.22. The van der Waals surface area contributed by atoms with Crippen molar-refractivity contribution < 1.29 is 0 Å². The maximum absolute atomic E-state index is 4.57. The molecule has 1 aromatic rings. The van der Waals surface area contributed by atoms with Crippen LogP contribution < -0.4 is 5.32 Å². The summed E-state index contributed by atoms with van der Waals surface area (Å²) in [6, 6.07) is 2.03. The molecule has 1 aliphatic carbocycles. The molecule has 3 nitrogen and oxygen atoms in total. The molecule has 0 spiro atoms. The van der Waals surface area contributed by atoms with Crippen molar-refractivity contribution in [1.82, 2.24) is 9.97 Å². The Morgan fingerprint density at radius 3 is 2.71 bits per heavy atom. The number of aryl methyl sites for hydroxylation is 1. The Balaban J connectivity index is 2.28. The number of hydrogen-bond acceptors (Lipinski definition) is 3. The van der Waals surface area contributed by atoms with Gasteiger partial charge < -0.3 is 5.32 Å². The Bertz CT molecular complexity index is 296. The molecule has 0 saturated heterocycles. The number of nitrogens with one attached hydrogen (secondary N) is 1. The van der Waals surface area contributed by atoms with Crippen LogP contribution in [0.15, 0.2) is 6.07 Å². The summed E-state index contributed by atoms with van der Waals surface area (Å²) in [5.41, 5.74) is 1.14. The third-order valence-corrected chi connectivity index (χ3v) is 2.89.